The largest absolute Gasteiger partial charge is 0.497 e. The number of halogens is 1. The predicted molar refractivity (Wildman–Crippen MR) is 150 cm³/mol. The topological polar surface area (TPSA) is 90.0 Å². The van der Waals surface area contributed by atoms with E-state index in [1.807, 2.05) is 19.1 Å². The van der Waals surface area contributed by atoms with Crippen molar-refractivity contribution >= 4 is 49.9 Å². The molecule has 37 heavy (non-hydrogen) atoms. The first kappa shape index (κ1) is 27.0. The highest BCUT2D eigenvalue weighted by molar-refractivity contribution is 14.1. The first-order valence-electron chi connectivity index (χ1n) is 11.4. The lowest BCUT2D eigenvalue weighted by Crippen LogP contribution is -2.55. The summed E-state index contributed by atoms with van der Waals surface area (Å²) >= 11 is 2.14. The lowest BCUT2D eigenvalue weighted by Gasteiger charge is -2.48. The van der Waals surface area contributed by atoms with Crippen molar-refractivity contribution < 1.29 is 27.5 Å². The van der Waals surface area contributed by atoms with Gasteiger partial charge in [-0.05, 0) is 77.1 Å². The van der Waals surface area contributed by atoms with Gasteiger partial charge in [-0.1, -0.05) is 48.6 Å². The van der Waals surface area contributed by atoms with E-state index in [0.717, 1.165) is 20.3 Å². The molecule has 2 aromatic carbocycles. The number of carbonyl (C=O) groups is 2. The Bertz CT molecular complexity index is 1440. The van der Waals surface area contributed by atoms with E-state index in [1.54, 1.807) is 55.7 Å². The lowest BCUT2D eigenvalue weighted by atomic mass is 9.65. The van der Waals surface area contributed by atoms with Gasteiger partial charge in [0.1, 0.15) is 5.75 Å². The van der Waals surface area contributed by atoms with E-state index in [0.29, 0.717) is 5.75 Å². The zero-order chi connectivity index (χ0) is 27.0. The van der Waals surface area contributed by atoms with E-state index in [9.17, 15) is 18.0 Å². The molecule has 1 spiro atoms. The van der Waals surface area contributed by atoms with Gasteiger partial charge < -0.3 is 9.47 Å². The molecular weight excluding hydrogens is 605 g/mol. The molecule has 1 aliphatic heterocycles. The molecule has 0 radical (unpaired) electrons. The van der Waals surface area contributed by atoms with Crippen LogP contribution in [0.5, 0.6) is 5.75 Å². The maximum Gasteiger partial charge on any atom is 0.334 e. The lowest BCUT2D eigenvalue weighted by molar-refractivity contribution is -0.136. The van der Waals surface area contributed by atoms with Gasteiger partial charge in [-0.25, -0.2) is 13.2 Å². The van der Waals surface area contributed by atoms with Crippen LogP contribution >= 0.6 is 22.6 Å². The van der Waals surface area contributed by atoms with Crippen LogP contribution < -0.4 is 4.74 Å². The second-order valence-corrected chi connectivity index (χ2v) is 12.0. The van der Waals surface area contributed by atoms with Gasteiger partial charge in [0.05, 0.1) is 30.6 Å². The molecule has 1 aliphatic carbocycles. The molecule has 4 rings (SSSR count). The Balaban J connectivity index is 2.01. The van der Waals surface area contributed by atoms with Crippen molar-refractivity contribution in [3.8, 4) is 5.75 Å². The van der Waals surface area contributed by atoms with Crippen molar-refractivity contribution in [2.45, 2.75) is 17.9 Å². The number of hydrogen-bond acceptors (Lipinski definition) is 6. The number of nitrogens with zero attached hydrogens (tertiary/aromatic N) is 1. The summed E-state index contributed by atoms with van der Waals surface area (Å²) in [6, 6.07) is 12.8. The van der Waals surface area contributed by atoms with Gasteiger partial charge in [-0.3, -0.25) is 4.79 Å². The number of sulfonamides is 1. The number of esters is 1. The Morgan fingerprint density at radius 3 is 2.19 bits per heavy atom. The molecule has 192 valence electrons. The number of ketones is 1. The minimum Gasteiger partial charge on any atom is -0.497 e. The van der Waals surface area contributed by atoms with E-state index in [1.165, 1.54) is 23.6 Å². The first-order chi connectivity index (χ1) is 17.5. The average molecular weight is 631 g/mol. The number of rotatable bonds is 6. The number of benzene rings is 2. The second-order valence-electron chi connectivity index (χ2n) is 8.79. The highest BCUT2D eigenvalue weighted by atomic mass is 127. The molecule has 0 N–H and O–H groups in total. The van der Waals surface area contributed by atoms with Crippen molar-refractivity contribution in [2.75, 3.05) is 20.8 Å². The second kappa shape index (κ2) is 10.4. The van der Waals surface area contributed by atoms with Crippen molar-refractivity contribution in [3.63, 3.8) is 0 Å². The summed E-state index contributed by atoms with van der Waals surface area (Å²) in [5, 5.41) is 0. The summed E-state index contributed by atoms with van der Waals surface area (Å²) in [7, 11) is -1.30. The van der Waals surface area contributed by atoms with Crippen LogP contribution in [-0.4, -0.2) is 51.3 Å². The minimum absolute atomic E-state index is 0.00378. The molecule has 1 atom stereocenters. The van der Waals surface area contributed by atoms with Crippen LogP contribution in [0.25, 0.3) is 5.57 Å². The van der Waals surface area contributed by atoms with Gasteiger partial charge in [0.2, 0.25) is 10.0 Å². The van der Waals surface area contributed by atoms with Crippen molar-refractivity contribution in [1.29, 1.82) is 0 Å². The van der Waals surface area contributed by atoms with Crippen LogP contribution in [0.1, 0.15) is 11.1 Å². The van der Waals surface area contributed by atoms with E-state index in [-0.39, 0.29) is 22.8 Å². The molecular formula is C28H26INO6S. The Labute approximate surface area is 230 Å². The Hall–Kier alpha value is -3.02. The third-order valence-corrected chi connectivity index (χ3v) is 9.28. The van der Waals surface area contributed by atoms with Crippen LogP contribution in [0.15, 0.2) is 93.5 Å². The number of ether oxygens (including phenoxy) is 2. The zero-order valence-electron chi connectivity index (χ0n) is 20.6. The zero-order valence-corrected chi connectivity index (χ0v) is 23.6. The highest BCUT2D eigenvalue weighted by Gasteiger charge is 2.53. The maximum atomic E-state index is 14.1. The van der Waals surface area contributed by atoms with Crippen molar-refractivity contribution in [1.82, 2.24) is 4.31 Å². The third-order valence-electron chi connectivity index (χ3n) is 6.57. The molecule has 2 aromatic rings. The number of allylic oxidation sites excluding steroid dienone is 2. The van der Waals surface area contributed by atoms with Gasteiger partial charge in [0.25, 0.3) is 0 Å². The molecule has 1 heterocycles. The molecule has 2 aliphatic rings. The minimum atomic E-state index is -4.10. The molecule has 0 unspecified atom stereocenters. The molecule has 7 nitrogen and oxygen atoms in total. The summed E-state index contributed by atoms with van der Waals surface area (Å²) in [5.41, 5.74) is 1.22. The fourth-order valence-electron chi connectivity index (χ4n) is 4.76. The number of carbonyl (C=O) groups excluding carboxylic acids is 2. The van der Waals surface area contributed by atoms with E-state index < -0.39 is 27.4 Å². The Morgan fingerprint density at radius 2 is 1.65 bits per heavy atom. The van der Waals surface area contributed by atoms with Gasteiger partial charge in [0, 0.05) is 15.7 Å². The fourth-order valence-corrected chi connectivity index (χ4v) is 7.76. The highest BCUT2D eigenvalue weighted by Crippen LogP contribution is 2.53. The standard InChI is InChI=1S/C28H26INO6S/c1-18-5-11-23(12-6-18)37(33,34)30-17-24(29)25(20-7-9-22(35-3)10-8-20)28(15-13-21(31)14-16-28)26(30)19(2)27(32)36-4/h5-16,26H,2,17H2,1,3-4H3/t26-/m0/s1. The van der Waals surface area contributed by atoms with Crippen LogP contribution in [-0.2, 0) is 24.3 Å². The average Bonchev–Trinajstić information content (AvgIpc) is 2.89. The van der Waals surface area contributed by atoms with Crippen LogP contribution in [0.4, 0.5) is 0 Å². The van der Waals surface area contributed by atoms with Gasteiger partial charge in [-0.15, -0.1) is 0 Å². The van der Waals surface area contributed by atoms with E-state index in [2.05, 4.69) is 29.2 Å². The summed E-state index contributed by atoms with van der Waals surface area (Å²) in [5.74, 6) is -0.318. The van der Waals surface area contributed by atoms with Crippen LogP contribution in [0.2, 0.25) is 0 Å². The number of hydrogen-bond donors (Lipinski definition) is 0. The Morgan fingerprint density at radius 1 is 1.05 bits per heavy atom. The SMILES string of the molecule is C=C(C(=O)OC)[C@@H]1N(S(=O)(=O)c2ccc(C)cc2)CC(I)=C(c2ccc(OC)cc2)C12C=CC(=O)C=C2. The molecule has 0 saturated heterocycles. The van der Waals surface area contributed by atoms with Gasteiger partial charge >= 0.3 is 5.97 Å². The number of aryl methyl sites for hydroxylation is 1. The van der Waals surface area contributed by atoms with Crippen LogP contribution in [0.3, 0.4) is 0 Å². The molecule has 0 aromatic heterocycles. The first-order valence-corrected chi connectivity index (χ1v) is 13.9. The maximum absolute atomic E-state index is 14.1. The predicted octanol–water partition coefficient (Wildman–Crippen LogP) is 4.63. The molecule has 0 fully saturated rings. The normalized spacial score (nSPS) is 19.2. The molecule has 0 saturated carbocycles. The molecule has 0 bridgehead atoms. The fraction of sp³-hybridized carbons (Fsp3) is 0.214. The quantitative estimate of drug-likeness (QED) is 0.263. The monoisotopic (exact) mass is 631 g/mol. The van der Waals surface area contributed by atoms with Crippen molar-refractivity contribution in [3.05, 3.63) is 99.7 Å². The Kier molecular flexibility index (Phi) is 7.59. The van der Waals surface area contributed by atoms with Gasteiger partial charge in [0.15, 0.2) is 5.78 Å². The number of methoxy groups -OCH3 is 2. The smallest absolute Gasteiger partial charge is 0.334 e. The third kappa shape index (κ3) is 4.83. The molecule has 9 heteroatoms. The van der Waals surface area contributed by atoms with E-state index >= 15 is 0 Å². The van der Waals surface area contributed by atoms with E-state index in [4.69, 9.17) is 9.47 Å². The van der Waals surface area contributed by atoms with Crippen LogP contribution in [0, 0.1) is 12.3 Å². The molecule has 0 amide bonds. The summed E-state index contributed by atoms with van der Waals surface area (Å²) in [6.45, 7) is 5.86. The van der Waals surface area contributed by atoms with Crippen molar-refractivity contribution in [2.24, 2.45) is 5.41 Å². The summed E-state index contributed by atoms with van der Waals surface area (Å²) < 4.78 is 40.4. The summed E-state index contributed by atoms with van der Waals surface area (Å²) in [4.78, 5) is 25.2. The van der Waals surface area contributed by atoms with Gasteiger partial charge in [-0.2, -0.15) is 4.31 Å². The summed E-state index contributed by atoms with van der Waals surface area (Å²) in [6.07, 6.45) is 6.10.